The first-order valence-corrected chi connectivity index (χ1v) is 7.38. The van der Waals surface area contributed by atoms with Crippen molar-refractivity contribution in [3.8, 4) is 5.75 Å². The number of ether oxygens (including phenoxy) is 1. The van der Waals surface area contributed by atoms with Gasteiger partial charge in [-0.3, -0.25) is 4.79 Å². The highest BCUT2D eigenvalue weighted by Crippen LogP contribution is 2.14. The number of amides is 1. The van der Waals surface area contributed by atoms with Crippen LogP contribution in [0.3, 0.4) is 0 Å². The van der Waals surface area contributed by atoms with Crippen LogP contribution in [0.15, 0.2) is 54.6 Å². The van der Waals surface area contributed by atoms with Gasteiger partial charge < -0.3 is 15.8 Å². The maximum absolute atomic E-state index is 12.1. The van der Waals surface area contributed by atoms with E-state index in [-0.39, 0.29) is 24.4 Å². The molecule has 1 amide bonds. The summed E-state index contributed by atoms with van der Waals surface area (Å²) in [5.74, 6) is 0.597. The van der Waals surface area contributed by atoms with E-state index in [0.29, 0.717) is 6.54 Å². The maximum Gasteiger partial charge on any atom is 0.241 e. The summed E-state index contributed by atoms with van der Waals surface area (Å²) in [6.07, 6.45) is -0.131. The molecule has 2 unspecified atom stereocenters. The molecule has 124 valence electrons. The molecule has 23 heavy (non-hydrogen) atoms. The second kappa shape index (κ2) is 9.18. The van der Waals surface area contributed by atoms with Crippen molar-refractivity contribution < 1.29 is 9.53 Å². The number of halogens is 1. The molecule has 2 aromatic carbocycles. The summed E-state index contributed by atoms with van der Waals surface area (Å²) in [6, 6.07) is 16.5. The number of benzene rings is 2. The topological polar surface area (TPSA) is 64.3 Å². The summed E-state index contributed by atoms with van der Waals surface area (Å²) >= 11 is 0. The number of nitrogens with two attached hydrogens (primary N) is 1. The van der Waals surface area contributed by atoms with Crippen molar-refractivity contribution in [2.75, 3.05) is 6.54 Å². The van der Waals surface area contributed by atoms with Crippen LogP contribution in [0.2, 0.25) is 0 Å². The lowest BCUT2D eigenvalue weighted by molar-refractivity contribution is -0.122. The third kappa shape index (κ3) is 5.93. The summed E-state index contributed by atoms with van der Waals surface area (Å²) in [5, 5.41) is 2.83. The highest BCUT2D eigenvalue weighted by molar-refractivity contribution is 5.85. The van der Waals surface area contributed by atoms with Gasteiger partial charge in [-0.15, -0.1) is 12.4 Å². The zero-order chi connectivity index (χ0) is 15.9. The van der Waals surface area contributed by atoms with Crippen molar-refractivity contribution in [3.63, 3.8) is 0 Å². The molecular formula is C18H23ClN2O2. The number of rotatable bonds is 6. The molecule has 2 aromatic rings. The Bertz CT molecular complexity index is 619. The fourth-order valence-electron chi connectivity index (χ4n) is 2.13. The Labute approximate surface area is 143 Å². The Morgan fingerprint density at radius 1 is 1.17 bits per heavy atom. The van der Waals surface area contributed by atoms with Gasteiger partial charge in [0.25, 0.3) is 0 Å². The van der Waals surface area contributed by atoms with Gasteiger partial charge in [0.1, 0.15) is 17.9 Å². The number of carbonyl (C=O) groups excluding carboxylic acids is 1. The Morgan fingerprint density at radius 2 is 1.87 bits per heavy atom. The molecule has 2 rings (SSSR count). The number of hydrogen-bond acceptors (Lipinski definition) is 3. The molecule has 0 spiro atoms. The van der Waals surface area contributed by atoms with Gasteiger partial charge in [0, 0.05) is 0 Å². The SMILES string of the molecule is Cc1cccc(OC(C)CNC(=O)C(N)c2ccccc2)c1.Cl. The van der Waals surface area contributed by atoms with Gasteiger partial charge >= 0.3 is 0 Å². The molecule has 0 aliphatic rings. The van der Waals surface area contributed by atoms with Crippen LogP contribution in [-0.4, -0.2) is 18.6 Å². The predicted molar refractivity (Wildman–Crippen MR) is 94.9 cm³/mol. The molecule has 5 heteroatoms. The second-order valence-electron chi connectivity index (χ2n) is 5.38. The fraction of sp³-hybridized carbons (Fsp3) is 0.278. The molecule has 0 saturated carbocycles. The Hall–Kier alpha value is -2.04. The van der Waals surface area contributed by atoms with E-state index in [2.05, 4.69) is 5.32 Å². The molecule has 4 nitrogen and oxygen atoms in total. The second-order valence-corrected chi connectivity index (χ2v) is 5.38. The van der Waals surface area contributed by atoms with Crippen LogP contribution >= 0.6 is 12.4 Å². The lowest BCUT2D eigenvalue weighted by Gasteiger charge is -2.18. The molecule has 0 saturated heterocycles. The third-order valence-corrected chi connectivity index (χ3v) is 3.33. The van der Waals surface area contributed by atoms with Crippen molar-refractivity contribution in [3.05, 3.63) is 65.7 Å². The molecule has 3 N–H and O–H groups in total. The minimum Gasteiger partial charge on any atom is -0.489 e. The van der Waals surface area contributed by atoms with E-state index in [1.54, 1.807) is 0 Å². The van der Waals surface area contributed by atoms with Crippen LogP contribution in [0.4, 0.5) is 0 Å². The average Bonchev–Trinajstić information content (AvgIpc) is 2.52. The number of aryl methyl sites for hydroxylation is 1. The first-order valence-electron chi connectivity index (χ1n) is 7.38. The average molecular weight is 335 g/mol. The number of nitrogens with one attached hydrogen (secondary N) is 1. The monoisotopic (exact) mass is 334 g/mol. The van der Waals surface area contributed by atoms with Crippen LogP contribution in [0.1, 0.15) is 24.1 Å². The fourth-order valence-corrected chi connectivity index (χ4v) is 2.13. The van der Waals surface area contributed by atoms with Gasteiger partial charge in [0.05, 0.1) is 6.54 Å². The number of hydrogen-bond donors (Lipinski definition) is 2. The minimum absolute atomic E-state index is 0. The van der Waals surface area contributed by atoms with Crippen LogP contribution in [0.5, 0.6) is 5.75 Å². The van der Waals surface area contributed by atoms with E-state index in [1.165, 1.54) is 0 Å². The van der Waals surface area contributed by atoms with Crippen LogP contribution < -0.4 is 15.8 Å². The maximum atomic E-state index is 12.1. The molecule has 0 fully saturated rings. The highest BCUT2D eigenvalue weighted by atomic mass is 35.5. The molecular weight excluding hydrogens is 312 g/mol. The van der Waals surface area contributed by atoms with Crippen molar-refractivity contribution >= 4 is 18.3 Å². The highest BCUT2D eigenvalue weighted by Gasteiger charge is 2.16. The summed E-state index contributed by atoms with van der Waals surface area (Å²) in [6.45, 7) is 4.34. The van der Waals surface area contributed by atoms with Gasteiger partial charge in [-0.25, -0.2) is 0 Å². The molecule has 0 radical (unpaired) electrons. The van der Waals surface area contributed by atoms with Gasteiger partial charge in [-0.1, -0.05) is 42.5 Å². The lowest BCUT2D eigenvalue weighted by atomic mass is 10.1. The molecule has 0 aromatic heterocycles. The number of carbonyl (C=O) groups is 1. The molecule has 0 aliphatic heterocycles. The van der Waals surface area contributed by atoms with Crippen molar-refractivity contribution in [1.29, 1.82) is 0 Å². The van der Waals surface area contributed by atoms with Crippen molar-refractivity contribution in [2.24, 2.45) is 5.73 Å². The molecule has 0 heterocycles. The van der Waals surface area contributed by atoms with Gasteiger partial charge in [-0.2, -0.15) is 0 Å². The smallest absolute Gasteiger partial charge is 0.241 e. The van der Waals surface area contributed by atoms with Crippen molar-refractivity contribution in [2.45, 2.75) is 26.0 Å². The summed E-state index contributed by atoms with van der Waals surface area (Å²) in [5.41, 5.74) is 7.88. The van der Waals surface area contributed by atoms with E-state index in [4.69, 9.17) is 10.5 Å². The van der Waals surface area contributed by atoms with E-state index >= 15 is 0 Å². The minimum atomic E-state index is -0.660. The largest absolute Gasteiger partial charge is 0.489 e. The van der Waals surface area contributed by atoms with Gasteiger partial charge in [-0.05, 0) is 37.1 Å². The zero-order valence-electron chi connectivity index (χ0n) is 13.4. The zero-order valence-corrected chi connectivity index (χ0v) is 14.2. The summed E-state index contributed by atoms with van der Waals surface area (Å²) in [4.78, 5) is 12.1. The van der Waals surface area contributed by atoms with E-state index < -0.39 is 6.04 Å². The van der Waals surface area contributed by atoms with E-state index in [0.717, 1.165) is 16.9 Å². The van der Waals surface area contributed by atoms with E-state index in [9.17, 15) is 4.79 Å². The summed E-state index contributed by atoms with van der Waals surface area (Å²) < 4.78 is 5.78. The van der Waals surface area contributed by atoms with Crippen LogP contribution in [0.25, 0.3) is 0 Å². The molecule has 0 bridgehead atoms. The van der Waals surface area contributed by atoms with E-state index in [1.807, 2.05) is 68.4 Å². The first kappa shape index (κ1) is 19.0. The Balaban J connectivity index is 0.00000264. The first-order chi connectivity index (χ1) is 10.6. The lowest BCUT2D eigenvalue weighted by Crippen LogP contribution is -2.39. The van der Waals surface area contributed by atoms with Crippen LogP contribution in [0, 0.1) is 6.92 Å². The molecule has 0 aliphatic carbocycles. The Morgan fingerprint density at radius 3 is 2.52 bits per heavy atom. The standard InChI is InChI=1S/C18H22N2O2.ClH/c1-13-7-6-10-16(11-13)22-14(2)12-20-18(21)17(19)15-8-4-3-5-9-15;/h3-11,14,17H,12,19H2,1-2H3,(H,20,21);1H. The molecule has 2 atom stereocenters. The van der Waals surface area contributed by atoms with Crippen LogP contribution in [-0.2, 0) is 4.79 Å². The third-order valence-electron chi connectivity index (χ3n) is 3.33. The normalized spacial score (nSPS) is 12.7. The quantitative estimate of drug-likeness (QED) is 0.853. The van der Waals surface area contributed by atoms with Gasteiger partial charge in [0.15, 0.2) is 0 Å². The Kier molecular flexibility index (Phi) is 7.59. The summed E-state index contributed by atoms with van der Waals surface area (Å²) in [7, 11) is 0. The predicted octanol–water partition coefficient (Wildman–Crippen LogP) is 3.00. The van der Waals surface area contributed by atoms with Crippen molar-refractivity contribution in [1.82, 2.24) is 5.32 Å². The van der Waals surface area contributed by atoms with Gasteiger partial charge in [0.2, 0.25) is 5.91 Å².